The van der Waals surface area contributed by atoms with Crippen molar-refractivity contribution in [3.05, 3.63) is 119 Å². The summed E-state index contributed by atoms with van der Waals surface area (Å²) in [6, 6.07) is 29.6. The van der Waals surface area contributed by atoms with Gasteiger partial charge in [-0.2, -0.15) is 0 Å². The molecule has 0 saturated carbocycles. The van der Waals surface area contributed by atoms with Gasteiger partial charge < -0.3 is 25.3 Å². The lowest BCUT2D eigenvalue weighted by atomic mass is 9.97. The predicted molar refractivity (Wildman–Crippen MR) is 179 cm³/mol. The van der Waals surface area contributed by atoms with Crippen molar-refractivity contribution >= 4 is 28.5 Å². The molecule has 1 fully saturated rings. The molecular formula is C37H43N5O3. The van der Waals surface area contributed by atoms with E-state index in [0.29, 0.717) is 38.0 Å². The van der Waals surface area contributed by atoms with E-state index in [4.69, 9.17) is 5.73 Å². The summed E-state index contributed by atoms with van der Waals surface area (Å²) in [7, 11) is 5.42. The van der Waals surface area contributed by atoms with Crippen LogP contribution in [0.3, 0.4) is 0 Å². The molecule has 234 valence electrons. The van der Waals surface area contributed by atoms with E-state index in [9.17, 15) is 14.4 Å². The van der Waals surface area contributed by atoms with E-state index in [1.807, 2.05) is 84.7 Å². The Balaban J connectivity index is 1.49. The molecule has 5 rings (SSSR count). The van der Waals surface area contributed by atoms with Crippen LogP contribution in [0, 0.1) is 0 Å². The van der Waals surface area contributed by atoms with Gasteiger partial charge in [-0.15, -0.1) is 0 Å². The molecular weight excluding hydrogens is 562 g/mol. The molecule has 4 aromatic rings. The number of likely N-dealkylation sites (N-methyl/N-ethyl adjacent to an activating group) is 3. The van der Waals surface area contributed by atoms with Gasteiger partial charge >= 0.3 is 0 Å². The van der Waals surface area contributed by atoms with Crippen molar-refractivity contribution in [3.8, 4) is 0 Å². The average Bonchev–Trinajstić information content (AvgIpc) is 3.08. The Morgan fingerprint density at radius 1 is 0.689 bits per heavy atom. The molecule has 0 bridgehead atoms. The summed E-state index contributed by atoms with van der Waals surface area (Å²) in [6.45, 7) is 3.09. The molecule has 2 atom stereocenters. The molecule has 8 heteroatoms. The number of nitrogens with two attached hydrogens (primary N) is 1. The van der Waals surface area contributed by atoms with Gasteiger partial charge in [-0.05, 0) is 46.6 Å². The number of fused-ring (bicyclic) bond motifs is 1. The highest BCUT2D eigenvalue weighted by Crippen LogP contribution is 2.22. The summed E-state index contributed by atoms with van der Waals surface area (Å²) in [4.78, 5) is 49.8. The monoisotopic (exact) mass is 605 g/mol. The van der Waals surface area contributed by atoms with Crippen molar-refractivity contribution in [1.29, 1.82) is 0 Å². The minimum atomic E-state index is -0.844. The first kappa shape index (κ1) is 31.9. The first-order valence-corrected chi connectivity index (χ1v) is 15.6. The van der Waals surface area contributed by atoms with Crippen LogP contribution >= 0.6 is 0 Å². The molecule has 1 saturated heterocycles. The topological polar surface area (TPSA) is 90.2 Å². The van der Waals surface area contributed by atoms with Crippen molar-refractivity contribution in [2.75, 3.05) is 47.3 Å². The predicted octanol–water partition coefficient (Wildman–Crippen LogP) is 3.83. The lowest BCUT2D eigenvalue weighted by Gasteiger charge is -2.39. The molecule has 1 heterocycles. The summed E-state index contributed by atoms with van der Waals surface area (Å²) in [5.74, 6) is -0.628. The number of piperazine rings is 1. The first-order chi connectivity index (χ1) is 21.7. The number of amides is 3. The number of nitrogens with zero attached hydrogens (tertiary/aromatic N) is 4. The van der Waals surface area contributed by atoms with Gasteiger partial charge in [0, 0.05) is 65.2 Å². The third-order valence-electron chi connectivity index (χ3n) is 8.91. The van der Waals surface area contributed by atoms with Crippen LogP contribution in [0.15, 0.2) is 97.1 Å². The maximum Gasteiger partial charge on any atom is 0.254 e. The average molecular weight is 606 g/mol. The smallest absolute Gasteiger partial charge is 0.254 e. The summed E-state index contributed by atoms with van der Waals surface area (Å²) in [5.41, 5.74) is 9.07. The number of hydrogen-bond donors (Lipinski definition) is 1. The van der Waals surface area contributed by atoms with Gasteiger partial charge in [0.05, 0.1) is 0 Å². The summed E-state index contributed by atoms with van der Waals surface area (Å²) in [6.07, 6.45) is 0.681. The van der Waals surface area contributed by atoms with Crippen molar-refractivity contribution in [2.45, 2.75) is 31.5 Å². The van der Waals surface area contributed by atoms with Crippen LogP contribution in [-0.4, -0.2) is 96.7 Å². The Bertz CT molecular complexity index is 1630. The van der Waals surface area contributed by atoms with Gasteiger partial charge in [-0.25, -0.2) is 0 Å². The fourth-order valence-electron chi connectivity index (χ4n) is 6.01. The summed E-state index contributed by atoms with van der Waals surface area (Å²) < 4.78 is 0. The van der Waals surface area contributed by atoms with E-state index >= 15 is 0 Å². The van der Waals surface area contributed by atoms with Crippen LogP contribution < -0.4 is 5.73 Å². The molecule has 0 spiro atoms. The minimum Gasteiger partial charge on any atom is -0.338 e. The van der Waals surface area contributed by atoms with Crippen molar-refractivity contribution in [1.82, 2.24) is 19.6 Å². The minimum absolute atomic E-state index is 0.0723. The van der Waals surface area contributed by atoms with Gasteiger partial charge in [0.25, 0.3) is 5.91 Å². The lowest BCUT2D eigenvalue weighted by Crippen LogP contribution is -2.58. The molecule has 8 nitrogen and oxygen atoms in total. The molecule has 2 N–H and O–H groups in total. The Hall–Kier alpha value is -4.53. The van der Waals surface area contributed by atoms with Crippen LogP contribution in [0.25, 0.3) is 10.8 Å². The molecule has 3 amide bonds. The molecule has 0 radical (unpaired) electrons. The zero-order valence-electron chi connectivity index (χ0n) is 26.4. The molecule has 1 aliphatic heterocycles. The van der Waals surface area contributed by atoms with Gasteiger partial charge in [0.15, 0.2) is 0 Å². The Kier molecular flexibility index (Phi) is 10.3. The molecule has 1 aliphatic rings. The summed E-state index contributed by atoms with van der Waals surface area (Å²) in [5, 5.41) is 2.16. The van der Waals surface area contributed by atoms with Crippen molar-refractivity contribution in [2.24, 2.45) is 5.73 Å². The van der Waals surface area contributed by atoms with Crippen LogP contribution in [0.1, 0.15) is 27.0 Å². The molecule has 45 heavy (non-hydrogen) atoms. The largest absolute Gasteiger partial charge is 0.338 e. The Morgan fingerprint density at radius 2 is 1.33 bits per heavy atom. The zero-order chi connectivity index (χ0) is 31.9. The second-order valence-corrected chi connectivity index (χ2v) is 12.0. The van der Waals surface area contributed by atoms with E-state index in [1.165, 1.54) is 4.90 Å². The third kappa shape index (κ3) is 7.59. The van der Waals surface area contributed by atoms with Crippen LogP contribution in [0.4, 0.5) is 0 Å². The van der Waals surface area contributed by atoms with E-state index in [2.05, 4.69) is 11.0 Å². The van der Waals surface area contributed by atoms with Crippen LogP contribution in [0.5, 0.6) is 0 Å². The first-order valence-electron chi connectivity index (χ1n) is 15.6. The second kappa shape index (κ2) is 14.5. The molecule has 0 unspecified atom stereocenters. The standard InChI is InChI=1S/C37H43N5O3/c1-39-18-20-42(21-19-39)37(45)34(24-27-10-5-4-6-11-27)41(3)36(44)33(25-28-16-17-30-13-7-8-14-31(30)22-28)40(2)35(43)32-15-9-12-29(23-32)26-38/h4-17,22-23,33-34H,18-21,24-26,38H2,1-3H3/t33-,34-/m1/s1. The lowest BCUT2D eigenvalue weighted by molar-refractivity contribution is -0.147. The third-order valence-corrected chi connectivity index (χ3v) is 8.91. The Labute approximate surface area is 266 Å². The number of carbonyl (C=O) groups is 3. The fraction of sp³-hybridized carbons (Fsp3) is 0.324. The number of rotatable bonds is 10. The molecule has 0 aromatic heterocycles. The van der Waals surface area contributed by atoms with E-state index < -0.39 is 12.1 Å². The maximum absolute atomic E-state index is 14.6. The van der Waals surface area contributed by atoms with Gasteiger partial charge in [0.2, 0.25) is 11.8 Å². The zero-order valence-corrected chi connectivity index (χ0v) is 26.4. The number of benzene rings is 4. The maximum atomic E-state index is 14.6. The Morgan fingerprint density at radius 3 is 2.04 bits per heavy atom. The number of hydrogen-bond acceptors (Lipinski definition) is 5. The fourth-order valence-corrected chi connectivity index (χ4v) is 6.01. The molecule has 4 aromatic carbocycles. The van der Waals surface area contributed by atoms with E-state index in [-0.39, 0.29) is 17.7 Å². The number of carbonyl (C=O) groups excluding carboxylic acids is 3. The van der Waals surface area contributed by atoms with E-state index in [0.717, 1.165) is 40.6 Å². The quantitative estimate of drug-likeness (QED) is 0.297. The second-order valence-electron chi connectivity index (χ2n) is 12.0. The van der Waals surface area contributed by atoms with Crippen LogP contribution in [-0.2, 0) is 29.0 Å². The van der Waals surface area contributed by atoms with Gasteiger partial charge in [-0.1, -0.05) is 84.9 Å². The van der Waals surface area contributed by atoms with Crippen LogP contribution in [0.2, 0.25) is 0 Å². The van der Waals surface area contributed by atoms with Crippen molar-refractivity contribution in [3.63, 3.8) is 0 Å². The normalized spacial score (nSPS) is 15.0. The van der Waals surface area contributed by atoms with Crippen molar-refractivity contribution < 1.29 is 14.4 Å². The highest BCUT2D eigenvalue weighted by atomic mass is 16.2. The molecule has 0 aliphatic carbocycles. The van der Waals surface area contributed by atoms with Gasteiger partial charge in [0.1, 0.15) is 12.1 Å². The highest BCUT2D eigenvalue weighted by Gasteiger charge is 2.37. The van der Waals surface area contributed by atoms with E-state index in [1.54, 1.807) is 37.2 Å². The SMILES string of the molecule is CN1CCN(C(=O)[C@@H](Cc2ccccc2)N(C)C(=O)[C@@H](Cc2ccc3ccccc3c2)N(C)C(=O)c2cccc(CN)c2)CC1. The summed E-state index contributed by atoms with van der Waals surface area (Å²) >= 11 is 0. The highest BCUT2D eigenvalue weighted by molar-refractivity contribution is 5.98. The van der Waals surface area contributed by atoms with Gasteiger partial charge in [-0.3, -0.25) is 14.4 Å².